The molecule has 0 aliphatic carbocycles. The van der Waals surface area contributed by atoms with Crippen molar-refractivity contribution in [3.8, 4) is 0 Å². The number of alkyl halides is 1. The molecule has 9 heteroatoms. The van der Waals surface area contributed by atoms with Gasteiger partial charge in [-0.05, 0) is 12.4 Å². The van der Waals surface area contributed by atoms with Crippen molar-refractivity contribution in [2.75, 3.05) is 7.05 Å². The fourth-order valence-electron chi connectivity index (χ4n) is 1.70. The predicted octanol–water partition coefficient (Wildman–Crippen LogP) is -1.06. The summed E-state index contributed by atoms with van der Waals surface area (Å²) < 4.78 is 19.5. The summed E-state index contributed by atoms with van der Waals surface area (Å²) in [5.41, 5.74) is -1.28. The Morgan fingerprint density at radius 2 is 2.26 bits per heavy atom. The first-order chi connectivity index (χ1) is 8.75. The Balaban J connectivity index is 2.99. The van der Waals surface area contributed by atoms with E-state index in [2.05, 4.69) is 5.32 Å². The Kier molecular flexibility index (Phi) is 5.11. The summed E-state index contributed by atoms with van der Waals surface area (Å²) in [6.07, 6.45) is -1.65. The minimum absolute atomic E-state index is 0.182. The lowest BCUT2D eigenvalue weighted by atomic mass is 9.88. The van der Waals surface area contributed by atoms with Crippen LogP contribution in [0.15, 0.2) is 11.7 Å². The van der Waals surface area contributed by atoms with Gasteiger partial charge in [-0.15, -0.1) is 0 Å². The van der Waals surface area contributed by atoms with Crippen molar-refractivity contribution in [3.63, 3.8) is 0 Å². The third-order valence-corrected chi connectivity index (χ3v) is 3.07. The van der Waals surface area contributed by atoms with E-state index in [4.69, 9.17) is 32.6 Å². The van der Waals surface area contributed by atoms with Crippen molar-refractivity contribution in [2.24, 2.45) is 0 Å². The maximum absolute atomic E-state index is 14.4. The van der Waals surface area contributed by atoms with Crippen LogP contribution in [0.3, 0.4) is 0 Å². The van der Waals surface area contributed by atoms with Gasteiger partial charge in [-0.1, -0.05) is 12.2 Å². The number of nitrogens with one attached hydrogen (secondary N) is 1. The average Bonchev–Trinajstić information content (AvgIpc) is 2.58. The van der Waals surface area contributed by atoms with Crippen LogP contribution in [-0.4, -0.2) is 68.1 Å². The highest BCUT2D eigenvalue weighted by atomic mass is 32.1. The Labute approximate surface area is 119 Å². The van der Waals surface area contributed by atoms with E-state index in [1.807, 2.05) is 0 Å². The monoisotopic (exact) mass is 282 g/mol. The third kappa shape index (κ3) is 3.16. The molecule has 4 unspecified atom stereocenters. The summed E-state index contributed by atoms with van der Waals surface area (Å²) in [5.74, 6) is -0.551. The molecule has 0 aromatic rings. The van der Waals surface area contributed by atoms with Gasteiger partial charge in [0.1, 0.15) is 21.8 Å². The molecule has 4 atom stereocenters. The number of nitrogens with zero attached hydrogens (tertiary/aromatic N) is 1. The molecule has 4 radical (unpaired) electrons. The minimum atomic E-state index is -2.16. The molecule has 0 aromatic heterocycles. The maximum atomic E-state index is 14.4. The summed E-state index contributed by atoms with van der Waals surface area (Å²) in [5, 5.41) is 11.9. The highest BCUT2D eigenvalue weighted by Crippen LogP contribution is 2.35. The van der Waals surface area contributed by atoms with Crippen LogP contribution in [0.5, 0.6) is 0 Å². The van der Waals surface area contributed by atoms with E-state index in [9.17, 15) is 14.3 Å². The number of carbonyl (C=O) groups excluding carboxylic acids is 1. The van der Waals surface area contributed by atoms with Crippen molar-refractivity contribution >= 4 is 39.3 Å². The topological polar surface area (TPSA) is 61.8 Å². The number of aliphatic hydroxyl groups excluding tert-OH is 1. The molecule has 19 heavy (non-hydrogen) atoms. The van der Waals surface area contributed by atoms with E-state index in [1.165, 1.54) is 7.05 Å². The van der Waals surface area contributed by atoms with Gasteiger partial charge in [0, 0.05) is 19.3 Å². The largest absolute Gasteiger partial charge is 0.388 e. The van der Waals surface area contributed by atoms with Gasteiger partial charge >= 0.3 is 0 Å². The molecule has 1 amide bonds. The van der Waals surface area contributed by atoms with Crippen LogP contribution in [0.1, 0.15) is 6.92 Å². The highest BCUT2D eigenvalue weighted by molar-refractivity contribution is 7.78. The molecule has 2 N–H and O–H groups in total. The summed E-state index contributed by atoms with van der Waals surface area (Å²) in [6.45, 7) is 1.13. The first-order valence-corrected chi connectivity index (χ1v) is 5.93. The van der Waals surface area contributed by atoms with Crippen LogP contribution in [0.2, 0.25) is 0 Å². The van der Waals surface area contributed by atoms with Gasteiger partial charge in [0.2, 0.25) is 5.91 Å². The second-order valence-corrected chi connectivity index (χ2v) is 4.48. The van der Waals surface area contributed by atoms with Gasteiger partial charge in [-0.25, -0.2) is 4.39 Å². The lowest BCUT2D eigenvalue weighted by molar-refractivity contribution is -0.116. The Morgan fingerprint density at radius 1 is 1.68 bits per heavy atom. The van der Waals surface area contributed by atoms with Crippen molar-refractivity contribution < 1.29 is 19.0 Å². The second-order valence-electron chi connectivity index (χ2n) is 4.27. The lowest BCUT2D eigenvalue weighted by Crippen LogP contribution is -2.48. The minimum Gasteiger partial charge on any atom is -0.388 e. The van der Waals surface area contributed by atoms with Crippen LogP contribution >= 0.6 is 12.2 Å². The first-order valence-electron chi connectivity index (χ1n) is 5.45. The average molecular weight is 282 g/mol. The molecular weight excluding hydrogens is 269 g/mol. The van der Waals surface area contributed by atoms with Gasteiger partial charge in [0.05, 0.1) is 5.49 Å². The molecule has 100 valence electrons. The van der Waals surface area contributed by atoms with E-state index in [-0.39, 0.29) is 5.47 Å². The quantitative estimate of drug-likeness (QED) is 0.391. The molecular formula is C10H13B2FN2O3S. The number of ether oxygens (including phenoxy) is 1. The number of rotatable bonds is 4. The number of hydrogen-bond donors (Lipinski definition) is 2. The number of likely N-dealkylation sites (N-methyl/N-ethyl adjacent to an activating group) is 1. The molecule has 5 nitrogen and oxygen atoms in total. The van der Waals surface area contributed by atoms with Crippen molar-refractivity contribution in [1.82, 2.24) is 10.2 Å². The summed E-state index contributed by atoms with van der Waals surface area (Å²) in [7, 11) is 12.3. The van der Waals surface area contributed by atoms with Crippen molar-refractivity contribution in [2.45, 2.75) is 30.9 Å². The Bertz CT molecular complexity index is 408. The van der Waals surface area contributed by atoms with Gasteiger partial charge in [-0.2, -0.15) is 0 Å². The molecule has 0 aromatic carbocycles. The van der Waals surface area contributed by atoms with Gasteiger partial charge < -0.3 is 20.1 Å². The predicted molar refractivity (Wildman–Crippen MR) is 73.3 cm³/mol. The molecule has 0 saturated carbocycles. The summed E-state index contributed by atoms with van der Waals surface area (Å²) >= 11 is 4.73. The van der Waals surface area contributed by atoms with E-state index in [0.29, 0.717) is 0 Å². The van der Waals surface area contributed by atoms with Crippen LogP contribution < -0.4 is 5.32 Å². The SMILES string of the molecule is [B]/C(=C/N(C=S)C1OC([B])C(O)C1(C)F)C(=O)NC. The fraction of sp³-hybridized carbons (Fsp3) is 0.600. The number of thiocarbonyl (C=S) groups is 1. The molecule has 1 fully saturated rings. The number of carbonyl (C=O) groups is 1. The van der Waals surface area contributed by atoms with Crippen LogP contribution in [0.4, 0.5) is 4.39 Å². The lowest BCUT2D eigenvalue weighted by Gasteiger charge is -2.30. The highest BCUT2D eigenvalue weighted by Gasteiger charge is 2.53. The van der Waals surface area contributed by atoms with E-state index in [0.717, 1.165) is 23.5 Å². The zero-order valence-electron chi connectivity index (χ0n) is 10.5. The number of amides is 1. The van der Waals surface area contributed by atoms with E-state index >= 15 is 0 Å². The summed E-state index contributed by atoms with van der Waals surface area (Å²) in [4.78, 5) is 12.4. The van der Waals surface area contributed by atoms with Crippen molar-refractivity contribution in [3.05, 3.63) is 11.7 Å². The van der Waals surface area contributed by atoms with Crippen LogP contribution in [-0.2, 0) is 9.53 Å². The number of aliphatic hydroxyl groups is 1. The van der Waals surface area contributed by atoms with Crippen LogP contribution in [0.25, 0.3) is 0 Å². The molecule has 0 bridgehead atoms. The molecule has 0 spiro atoms. The van der Waals surface area contributed by atoms with Crippen LogP contribution in [0, 0.1) is 0 Å². The first kappa shape index (κ1) is 16.1. The smallest absolute Gasteiger partial charge is 0.238 e. The summed E-state index contributed by atoms with van der Waals surface area (Å²) in [6, 6.07) is -1.19. The Morgan fingerprint density at radius 3 is 2.63 bits per heavy atom. The zero-order valence-corrected chi connectivity index (χ0v) is 11.4. The molecule has 1 heterocycles. The number of halogens is 1. The normalized spacial score (nSPS) is 34.9. The molecule has 1 rings (SSSR count). The molecule has 1 aliphatic heterocycles. The fourth-order valence-corrected chi connectivity index (χ4v) is 1.87. The van der Waals surface area contributed by atoms with Gasteiger partial charge in [0.25, 0.3) is 0 Å². The second kappa shape index (κ2) is 6.02. The Hall–Kier alpha value is -0.920. The van der Waals surface area contributed by atoms with Gasteiger partial charge in [0.15, 0.2) is 11.9 Å². The maximum Gasteiger partial charge on any atom is 0.238 e. The molecule has 1 saturated heterocycles. The van der Waals surface area contributed by atoms with Crippen molar-refractivity contribution in [1.29, 1.82) is 0 Å². The number of hydrogen-bond acceptors (Lipinski definition) is 4. The van der Waals surface area contributed by atoms with Gasteiger partial charge in [-0.3, -0.25) is 4.79 Å². The molecule has 1 aliphatic rings. The van der Waals surface area contributed by atoms with E-state index in [1.54, 1.807) is 0 Å². The third-order valence-electron chi connectivity index (χ3n) is 2.83. The standard InChI is InChI=1S/C10H13B2FN2O3S/c1-10(13)6(16)7(12)18-9(10)15(4-19)3-5(11)8(17)14-2/h3-4,6-7,9,16H,1-2H3,(H,14,17)/b5-3+. The zero-order chi connectivity index (χ0) is 14.8. The van der Waals surface area contributed by atoms with E-state index < -0.39 is 29.9 Å².